The second-order valence-electron chi connectivity index (χ2n) is 7.54. The average Bonchev–Trinajstić information content (AvgIpc) is 3.19. The van der Waals surface area contributed by atoms with Gasteiger partial charge in [-0.3, -0.25) is 15.6 Å². The number of fused-ring (bicyclic) bond motifs is 1. The molecule has 0 aliphatic carbocycles. The minimum absolute atomic E-state index is 0.142. The summed E-state index contributed by atoms with van der Waals surface area (Å²) in [5.74, 6) is 0.326. The number of benzene rings is 2. The second kappa shape index (κ2) is 9.02. The van der Waals surface area contributed by atoms with Gasteiger partial charge in [-0.15, -0.1) is 0 Å². The van der Waals surface area contributed by atoms with E-state index in [1.165, 1.54) is 39.9 Å². The number of hydrazine groups is 1. The normalized spacial score (nSPS) is 19.6. The molecule has 0 saturated carbocycles. The van der Waals surface area contributed by atoms with Gasteiger partial charge in [0.25, 0.3) is 5.91 Å². The van der Waals surface area contributed by atoms with Crippen molar-refractivity contribution in [2.75, 3.05) is 25.6 Å². The van der Waals surface area contributed by atoms with E-state index in [0.717, 1.165) is 16.0 Å². The van der Waals surface area contributed by atoms with Crippen LogP contribution in [0.5, 0.6) is 5.75 Å². The SMILES string of the molecule is COc1ccc2nc(NNC(=O)c3ccc(S(=O)(=O)N4CC(C)OC(C)C4)cc3)sc2c1. The Labute approximate surface area is 190 Å². The van der Waals surface area contributed by atoms with Crippen molar-refractivity contribution in [3.8, 4) is 5.75 Å². The van der Waals surface area contributed by atoms with Crippen molar-refractivity contribution in [1.29, 1.82) is 0 Å². The molecule has 32 heavy (non-hydrogen) atoms. The van der Waals surface area contributed by atoms with Crippen LogP contribution in [0.4, 0.5) is 5.13 Å². The molecule has 0 spiro atoms. The molecule has 2 N–H and O–H groups in total. The number of methoxy groups -OCH3 is 1. The maximum absolute atomic E-state index is 12.9. The zero-order chi connectivity index (χ0) is 22.9. The van der Waals surface area contributed by atoms with Gasteiger partial charge in [-0.2, -0.15) is 4.31 Å². The van der Waals surface area contributed by atoms with Gasteiger partial charge in [0.05, 0.1) is 34.4 Å². The van der Waals surface area contributed by atoms with Crippen LogP contribution in [-0.4, -0.2) is 56.0 Å². The summed E-state index contributed by atoms with van der Waals surface area (Å²) < 4.78 is 39.0. The van der Waals surface area contributed by atoms with Gasteiger partial charge in [-0.05, 0) is 56.3 Å². The minimum Gasteiger partial charge on any atom is -0.497 e. The highest BCUT2D eigenvalue weighted by Gasteiger charge is 2.32. The van der Waals surface area contributed by atoms with E-state index in [-0.39, 0.29) is 17.1 Å². The van der Waals surface area contributed by atoms with Crippen molar-refractivity contribution in [2.45, 2.75) is 31.0 Å². The summed E-state index contributed by atoms with van der Waals surface area (Å²) in [6.45, 7) is 4.29. The van der Waals surface area contributed by atoms with Crippen LogP contribution in [0.15, 0.2) is 47.4 Å². The molecule has 9 nitrogen and oxygen atoms in total. The lowest BCUT2D eigenvalue weighted by Gasteiger charge is -2.34. The van der Waals surface area contributed by atoms with E-state index in [2.05, 4.69) is 15.8 Å². The Kier molecular flexibility index (Phi) is 6.33. The molecule has 2 unspecified atom stereocenters. The first-order valence-electron chi connectivity index (χ1n) is 10.0. The molecular formula is C21H24N4O5S2. The molecular weight excluding hydrogens is 452 g/mol. The molecule has 2 aromatic carbocycles. The third-order valence-corrected chi connectivity index (χ3v) is 7.80. The quantitative estimate of drug-likeness (QED) is 0.527. The number of thiazole rings is 1. The topological polar surface area (TPSA) is 110 Å². The number of rotatable bonds is 6. The van der Waals surface area contributed by atoms with Gasteiger partial charge < -0.3 is 9.47 Å². The Morgan fingerprint density at radius 3 is 2.50 bits per heavy atom. The summed E-state index contributed by atoms with van der Waals surface area (Å²) in [7, 11) is -2.06. The molecule has 0 radical (unpaired) electrons. The predicted octanol–water partition coefficient (Wildman–Crippen LogP) is 2.86. The monoisotopic (exact) mass is 476 g/mol. The first kappa shape index (κ1) is 22.5. The Bertz CT molecular complexity index is 1220. The molecule has 2 heterocycles. The number of carbonyl (C=O) groups excluding carboxylic acids is 1. The summed E-state index contributed by atoms with van der Waals surface area (Å²) in [6.07, 6.45) is -0.346. The minimum atomic E-state index is -3.66. The van der Waals surface area contributed by atoms with E-state index in [1.807, 2.05) is 32.0 Å². The first-order valence-corrected chi connectivity index (χ1v) is 12.3. The number of hydrogen-bond donors (Lipinski definition) is 2. The van der Waals surface area contributed by atoms with E-state index in [4.69, 9.17) is 9.47 Å². The molecule has 11 heteroatoms. The van der Waals surface area contributed by atoms with Gasteiger partial charge in [0, 0.05) is 18.7 Å². The Morgan fingerprint density at radius 2 is 1.84 bits per heavy atom. The number of aromatic nitrogens is 1. The summed E-state index contributed by atoms with van der Waals surface area (Å²) in [5, 5.41) is 0.524. The third-order valence-electron chi connectivity index (χ3n) is 5.02. The lowest BCUT2D eigenvalue weighted by Crippen LogP contribution is -2.48. The van der Waals surface area contributed by atoms with Crippen molar-refractivity contribution in [1.82, 2.24) is 14.7 Å². The zero-order valence-electron chi connectivity index (χ0n) is 17.9. The number of nitrogens with one attached hydrogen (secondary N) is 2. The van der Waals surface area contributed by atoms with Crippen molar-refractivity contribution in [2.24, 2.45) is 0 Å². The lowest BCUT2D eigenvalue weighted by atomic mass is 10.2. The van der Waals surface area contributed by atoms with Gasteiger partial charge in [0.15, 0.2) is 0 Å². The van der Waals surface area contributed by atoms with Gasteiger partial charge in [0.2, 0.25) is 15.2 Å². The van der Waals surface area contributed by atoms with Crippen LogP contribution in [0.3, 0.4) is 0 Å². The number of morpholine rings is 1. The Balaban J connectivity index is 1.42. The fourth-order valence-corrected chi connectivity index (χ4v) is 5.96. The molecule has 1 saturated heterocycles. The number of amides is 1. The first-order chi connectivity index (χ1) is 15.3. The highest BCUT2D eigenvalue weighted by Crippen LogP contribution is 2.28. The van der Waals surface area contributed by atoms with Crippen LogP contribution in [0.2, 0.25) is 0 Å². The van der Waals surface area contributed by atoms with Gasteiger partial charge >= 0.3 is 0 Å². The van der Waals surface area contributed by atoms with E-state index in [9.17, 15) is 13.2 Å². The van der Waals surface area contributed by atoms with Crippen LogP contribution in [0.1, 0.15) is 24.2 Å². The van der Waals surface area contributed by atoms with Crippen LogP contribution in [0, 0.1) is 0 Å². The van der Waals surface area contributed by atoms with Crippen molar-refractivity contribution in [3.05, 3.63) is 48.0 Å². The largest absolute Gasteiger partial charge is 0.497 e. The predicted molar refractivity (Wildman–Crippen MR) is 122 cm³/mol. The van der Waals surface area contributed by atoms with Gasteiger partial charge in [0.1, 0.15) is 5.75 Å². The number of carbonyl (C=O) groups is 1. The van der Waals surface area contributed by atoms with E-state index in [0.29, 0.717) is 23.8 Å². The molecule has 1 fully saturated rings. The molecule has 1 aliphatic heterocycles. The molecule has 170 valence electrons. The number of nitrogens with zero attached hydrogens (tertiary/aromatic N) is 2. The third kappa shape index (κ3) is 4.70. The lowest BCUT2D eigenvalue weighted by molar-refractivity contribution is -0.0440. The van der Waals surface area contributed by atoms with Crippen molar-refractivity contribution >= 4 is 42.6 Å². The maximum atomic E-state index is 12.9. The van der Waals surface area contributed by atoms with Crippen LogP contribution in [-0.2, 0) is 14.8 Å². The van der Waals surface area contributed by atoms with E-state index in [1.54, 1.807) is 7.11 Å². The number of hydrogen-bond acceptors (Lipinski definition) is 8. The van der Waals surface area contributed by atoms with Crippen LogP contribution < -0.4 is 15.6 Å². The number of sulfonamides is 1. The molecule has 4 rings (SSSR count). The molecule has 1 aliphatic rings. The second-order valence-corrected chi connectivity index (χ2v) is 10.5. The zero-order valence-corrected chi connectivity index (χ0v) is 19.5. The fourth-order valence-electron chi connectivity index (χ4n) is 3.52. The van der Waals surface area contributed by atoms with E-state index >= 15 is 0 Å². The molecule has 0 bridgehead atoms. The Morgan fingerprint density at radius 1 is 1.16 bits per heavy atom. The number of ether oxygens (including phenoxy) is 2. The molecule has 3 aromatic rings. The van der Waals surface area contributed by atoms with Gasteiger partial charge in [-0.1, -0.05) is 11.3 Å². The smallest absolute Gasteiger partial charge is 0.269 e. The highest BCUT2D eigenvalue weighted by atomic mass is 32.2. The Hall–Kier alpha value is -2.73. The van der Waals surface area contributed by atoms with Crippen LogP contribution in [0.25, 0.3) is 10.2 Å². The summed E-state index contributed by atoms with van der Waals surface area (Å²) in [5.41, 5.74) is 6.50. The summed E-state index contributed by atoms with van der Waals surface area (Å²) in [6, 6.07) is 11.4. The molecule has 1 amide bonds. The summed E-state index contributed by atoms with van der Waals surface area (Å²) in [4.78, 5) is 17.0. The summed E-state index contributed by atoms with van der Waals surface area (Å²) >= 11 is 1.37. The average molecular weight is 477 g/mol. The van der Waals surface area contributed by atoms with Crippen LogP contribution >= 0.6 is 11.3 Å². The molecule has 2 atom stereocenters. The highest BCUT2D eigenvalue weighted by molar-refractivity contribution is 7.89. The molecule has 1 aromatic heterocycles. The van der Waals surface area contributed by atoms with Gasteiger partial charge in [-0.25, -0.2) is 13.4 Å². The maximum Gasteiger partial charge on any atom is 0.269 e. The van der Waals surface area contributed by atoms with E-state index < -0.39 is 15.9 Å². The standard InChI is InChI=1S/C21H24N4O5S2/c1-13-11-25(12-14(2)30-13)32(27,28)17-7-4-15(5-8-17)20(26)23-24-21-22-18-9-6-16(29-3)10-19(18)31-21/h4-10,13-14H,11-12H2,1-3H3,(H,22,24)(H,23,26). The van der Waals surface area contributed by atoms with Crippen molar-refractivity contribution < 1.29 is 22.7 Å². The fraction of sp³-hybridized carbons (Fsp3) is 0.333. The van der Waals surface area contributed by atoms with Crippen molar-refractivity contribution in [3.63, 3.8) is 0 Å². The number of anilines is 1.